The summed E-state index contributed by atoms with van der Waals surface area (Å²) in [7, 11) is 0. The molecule has 0 bridgehead atoms. The van der Waals surface area contributed by atoms with Crippen LogP contribution in [-0.2, 0) is 4.74 Å². The Hall–Kier alpha value is -3.60. The van der Waals surface area contributed by atoms with E-state index in [2.05, 4.69) is 0 Å². The van der Waals surface area contributed by atoms with Gasteiger partial charge in [-0.05, 0) is 90.6 Å². The molecule has 0 amide bonds. The van der Waals surface area contributed by atoms with E-state index in [1.165, 1.54) is 0 Å². The quantitative estimate of drug-likeness (QED) is 0.268. The fourth-order valence-corrected chi connectivity index (χ4v) is 4.32. The van der Waals surface area contributed by atoms with Crippen LogP contribution in [0.1, 0.15) is 38.8 Å². The lowest BCUT2D eigenvalue weighted by molar-refractivity contribution is 0.0526. The summed E-state index contributed by atoms with van der Waals surface area (Å²) >= 11 is 11.9. The number of rotatable bonds is 5. The van der Waals surface area contributed by atoms with Crippen molar-refractivity contribution in [2.45, 2.75) is 20.8 Å². The number of ether oxygens (including phenoxy) is 1. The standard InChI is InChI=1S/C16H15ClO2.C14H11ClO2/c1-3-19-16(18)15-7-5-4-6-14(15)13-9-8-12(17)10-11(13)2;1-9-8-10(15)6-7-11(9)12-4-2-3-5-13(12)14(16)17/h4-10H,3H2,1-2H3;2-8H,1H3,(H,16,17). The van der Waals surface area contributed by atoms with Crippen molar-refractivity contribution in [1.82, 2.24) is 0 Å². The summed E-state index contributed by atoms with van der Waals surface area (Å²) in [4.78, 5) is 23.1. The van der Waals surface area contributed by atoms with Crippen LogP contribution < -0.4 is 0 Å². The molecule has 4 nitrogen and oxygen atoms in total. The minimum atomic E-state index is -0.921. The van der Waals surface area contributed by atoms with Crippen molar-refractivity contribution >= 4 is 35.1 Å². The molecule has 0 aliphatic rings. The Morgan fingerprint density at radius 3 is 1.58 bits per heavy atom. The Labute approximate surface area is 221 Å². The third-order valence-corrected chi connectivity index (χ3v) is 6.01. The van der Waals surface area contributed by atoms with Crippen LogP contribution in [0.25, 0.3) is 22.3 Å². The molecule has 0 aromatic heterocycles. The van der Waals surface area contributed by atoms with Gasteiger partial charge in [-0.15, -0.1) is 0 Å². The van der Waals surface area contributed by atoms with Gasteiger partial charge in [0.2, 0.25) is 0 Å². The minimum absolute atomic E-state index is 0.299. The number of carbonyl (C=O) groups excluding carboxylic acids is 1. The van der Waals surface area contributed by atoms with E-state index in [4.69, 9.17) is 33.0 Å². The second kappa shape index (κ2) is 12.4. The molecule has 0 fully saturated rings. The Morgan fingerprint density at radius 2 is 1.14 bits per heavy atom. The number of carbonyl (C=O) groups is 2. The van der Waals surface area contributed by atoms with Crippen molar-refractivity contribution in [3.8, 4) is 22.3 Å². The number of aryl methyl sites for hydroxylation is 2. The molecule has 0 atom stereocenters. The summed E-state index contributed by atoms with van der Waals surface area (Å²) in [5, 5.41) is 10.5. The largest absolute Gasteiger partial charge is 0.478 e. The molecule has 0 saturated carbocycles. The van der Waals surface area contributed by atoms with Crippen LogP contribution in [0.4, 0.5) is 0 Å². The predicted molar refractivity (Wildman–Crippen MR) is 146 cm³/mol. The maximum atomic E-state index is 12.0. The van der Waals surface area contributed by atoms with Gasteiger partial charge >= 0.3 is 11.9 Å². The first-order chi connectivity index (χ1) is 17.2. The number of esters is 1. The summed E-state index contributed by atoms with van der Waals surface area (Å²) in [6.07, 6.45) is 0. The molecular formula is C30H26Cl2O4. The van der Waals surface area contributed by atoms with E-state index in [0.29, 0.717) is 33.3 Å². The molecule has 4 aromatic carbocycles. The molecule has 0 aliphatic carbocycles. The van der Waals surface area contributed by atoms with Crippen molar-refractivity contribution in [3.63, 3.8) is 0 Å². The Kier molecular flexibility index (Phi) is 9.29. The molecule has 0 heterocycles. The van der Waals surface area contributed by atoms with Crippen LogP contribution in [0.15, 0.2) is 84.9 Å². The van der Waals surface area contributed by atoms with E-state index < -0.39 is 5.97 Å². The molecule has 1 N–H and O–H groups in total. The lowest BCUT2D eigenvalue weighted by Crippen LogP contribution is -2.06. The number of benzene rings is 4. The first-order valence-electron chi connectivity index (χ1n) is 11.3. The Morgan fingerprint density at radius 1 is 0.694 bits per heavy atom. The molecule has 4 rings (SSSR count). The zero-order chi connectivity index (χ0) is 26.2. The molecule has 0 spiro atoms. The van der Waals surface area contributed by atoms with Crippen LogP contribution in [0.5, 0.6) is 0 Å². The minimum Gasteiger partial charge on any atom is -0.478 e. The zero-order valence-electron chi connectivity index (χ0n) is 20.2. The number of hydrogen-bond donors (Lipinski definition) is 1. The highest BCUT2D eigenvalue weighted by Gasteiger charge is 2.15. The summed E-state index contributed by atoms with van der Waals surface area (Å²) in [6, 6.07) is 25.5. The van der Waals surface area contributed by atoms with Gasteiger partial charge in [0.1, 0.15) is 0 Å². The van der Waals surface area contributed by atoms with Gasteiger partial charge in [-0.2, -0.15) is 0 Å². The number of aromatic carboxylic acids is 1. The fraction of sp³-hybridized carbons (Fsp3) is 0.133. The highest BCUT2D eigenvalue weighted by molar-refractivity contribution is 6.31. The lowest BCUT2D eigenvalue weighted by Gasteiger charge is -2.11. The first kappa shape index (κ1) is 27.0. The molecule has 0 saturated heterocycles. The SMILES string of the molecule is CCOC(=O)c1ccccc1-c1ccc(Cl)cc1C.Cc1cc(Cl)ccc1-c1ccccc1C(=O)O. The van der Waals surface area contributed by atoms with Gasteiger partial charge in [-0.1, -0.05) is 71.7 Å². The van der Waals surface area contributed by atoms with Gasteiger partial charge in [0.15, 0.2) is 0 Å². The highest BCUT2D eigenvalue weighted by Crippen LogP contribution is 2.30. The second-order valence-corrected chi connectivity index (χ2v) is 8.91. The van der Waals surface area contributed by atoms with E-state index in [1.54, 1.807) is 37.3 Å². The van der Waals surface area contributed by atoms with Crippen LogP contribution in [0.3, 0.4) is 0 Å². The van der Waals surface area contributed by atoms with Gasteiger partial charge < -0.3 is 9.84 Å². The van der Waals surface area contributed by atoms with Crippen molar-refractivity contribution in [2.75, 3.05) is 6.61 Å². The van der Waals surface area contributed by atoms with E-state index in [1.807, 2.05) is 68.4 Å². The zero-order valence-corrected chi connectivity index (χ0v) is 21.7. The first-order valence-corrected chi connectivity index (χ1v) is 12.1. The molecule has 4 aromatic rings. The van der Waals surface area contributed by atoms with Gasteiger partial charge in [0.05, 0.1) is 17.7 Å². The molecular weight excluding hydrogens is 495 g/mol. The lowest BCUT2D eigenvalue weighted by atomic mass is 9.96. The van der Waals surface area contributed by atoms with Crippen molar-refractivity contribution in [1.29, 1.82) is 0 Å². The average Bonchev–Trinajstić information content (AvgIpc) is 2.85. The fourth-order valence-electron chi connectivity index (χ4n) is 3.87. The monoisotopic (exact) mass is 520 g/mol. The second-order valence-electron chi connectivity index (χ2n) is 8.04. The van der Waals surface area contributed by atoms with Crippen molar-refractivity contribution < 1.29 is 19.4 Å². The molecule has 6 heteroatoms. The molecule has 184 valence electrons. The van der Waals surface area contributed by atoms with E-state index in [9.17, 15) is 9.59 Å². The molecule has 36 heavy (non-hydrogen) atoms. The summed E-state index contributed by atoms with van der Waals surface area (Å²) in [5.74, 6) is -1.22. The molecule has 0 aliphatic heterocycles. The maximum absolute atomic E-state index is 12.0. The van der Waals surface area contributed by atoms with Crippen molar-refractivity contribution in [2.24, 2.45) is 0 Å². The average molecular weight is 521 g/mol. The van der Waals surface area contributed by atoms with Gasteiger partial charge in [0, 0.05) is 10.0 Å². The van der Waals surface area contributed by atoms with Gasteiger partial charge in [-0.3, -0.25) is 0 Å². The molecule has 0 unspecified atom stereocenters. The highest BCUT2D eigenvalue weighted by atomic mass is 35.5. The maximum Gasteiger partial charge on any atom is 0.338 e. The summed E-state index contributed by atoms with van der Waals surface area (Å²) in [5.41, 5.74) is 6.35. The smallest absolute Gasteiger partial charge is 0.338 e. The van der Waals surface area contributed by atoms with E-state index in [-0.39, 0.29) is 5.97 Å². The summed E-state index contributed by atoms with van der Waals surface area (Å²) < 4.78 is 5.09. The van der Waals surface area contributed by atoms with Crippen LogP contribution in [-0.4, -0.2) is 23.7 Å². The number of halogens is 2. The van der Waals surface area contributed by atoms with Crippen LogP contribution in [0, 0.1) is 13.8 Å². The van der Waals surface area contributed by atoms with Crippen LogP contribution in [0.2, 0.25) is 10.0 Å². The topological polar surface area (TPSA) is 63.6 Å². The predicted octanol–water partition coefficient (Wildman–Crippen LogP) is 8.51. The number of carboxylic acids is 1. The van der Waals surface area contributed by atoms with Crippen LogP contribution >= 0.6 is 23.2 Å². The third kappa shape index (κ3) is 6.54. The van der Waals surface area contributed by atoms with E-state index in [0.717, 1.165) is 27.8 Å². The van der Waals surface area contributed by atoms with Crippen molar-refractivity contribution in [3.05, 3.63) is 117 Å². The van der Waals surface area contributed by atoms with E-state index >= 15 is 0 Å². The number of hydrogen-bond acceptors (Lipinski definition) is 3. The third-order valence-electron chi connectivity index (χ3n) is 5.54. The normalized spacial score (nSPS) is 10.2. The van der Waals surface area contributed by atoms with Gasteiger partial charge in [-0.25, -0.2) is 9.59 Å². The molecule has 0 radical (unpaired) electrons. The Bertz CT molecular complexity index is 1400. The van der Waals surface area contributed by atoms with Gasteiger partial charge in [0.25, 0.3) is 0 Å². The number of carboxylic acid groups (broad SMARTS) is 1. The Balaban J connectivity index is 0.000000202. The summed E-state index contributed by atoms with van der Waals surface area (Å²) in [6.45, 7) is 6.06.